The van der Waals surface area contributed by atoms with Crippen molar-refractivity contribution in [3.8, 4) is 5.75 Å². The highest BCUT2D eigenvalue weighted by molar-refractivity contribution is 5.79. The van der Waals surface area contributed by atoms with Crippen LogP contribution in [0.3, 0.4) is 0 Å². The molecule has 2 saturated carbocycles. The summed E-state index contributed by atoms with van der Waals surface area (Å²) in [7, 11) is 0. The number of Topliss-reactive ketones (excluding diaryl/α,β-unsaturated/α-hetero) is 1. The average molecular weight is 362 g/mol. The van der Waals surface area contributed by atoms with E-state index in [1.165, 1.54) is 6.07 Å². The molecule has 0 N–H and O–H groups in total. The van der Waals surface area contributed by atoms with Crippen molar-refractivity contribution in [3.63, 3.8) is 0 Å². The molecule has 6 heteroatoms. The molecule has 1 aromatic rings. The van der Waals surface area contributed by atoms with Crippen LogP contribution in [0.5, 0.6) is 5.75 Å². The van der Waals surface area contributed by atoms with Gasteiger partial charge in [0.05, 0.1) is 0 Å². The first-order valence-electron chi connectivity index (χ1n) is 10.4. The second-order valence-corrected chi connectivity index (χ2v) is 6.69. The van der Waals surface area contributed by atoms with E-state index in [-0.39, 0.29) is 18.3 Å². The largest absolute Gasteiger partial charge is 0.573 e. The highest BCUT2D eigenvalue weighted by Crippen LogP contribution is 2.43. The highest BCUT2D eigenvalue weighted by Gasteiger charge is 2.33. The summed E-state index contributed by atoms with van der Waals surface area (Å²) in [6, 6.07) is 3.42. The summed E-state index contributed by atoms with van der Waals surface area (Å²) in [5.41, 5.74) is 0.563. The summed E-state index contributed by atoms with van der Waals surface area (Å²) in [4.78, 5) is 11.8. The van der Waals surface area contributed by atoms with Crippen LogP contribution < -0.4 is 4.74 Å². The third kappa shape index (κ3) is 4.73. The molecule has 0 bridgehead atoms. The molecule has 1 unspecified atom stereocenters. The standard InChI is InChI=1S/C19H22F4O2/c20-17-11-15(7-10-18(17)25-19(21,22)23)14-3-1-12(2-4-14)13-5-8-16(24)9-6-13/h7,10-14H,1-6,8-9H2/i5D2,8D2. The van der Waals surface area contributed by atoms with Gasteiger partial charge in [0.2, 0.25) is 0 Å². The summed E-state index contributed by atoms with van der Waals surface area (Å²) in [5, 5.41) is 0. The average Bonchev–Trinajstić information content (AvgIpc) is 2.61. The lowest BCUT2D eigenvalue weighted by Crippen LogP contribution is -2.25. The van der Waals surface area contributed by atoms with Crippen LogP contribution in [0, 0.1) is 17.7 Å². The fourth-order valence-corrected chi connectivity index (χ4v) is 3.78. The Morgan fingerprint density at radius 3 is 2.44 bits per heavy atom. The molecule has 0 radical (unpaired) electrons. The molecule has 138 valence electrons. The van der Waals surface area contributed by atoms with Crippen LogP contribution in [0.25, 0.3) is 0 Å². The van der Waals surface area contributed by atoms with Crippen LogP contribution in [0.4, 0.5) is 17.6 Å². The first-order chi connectivity index (χ1) is 13.3. The van der Waals surface area contributed by atoms with Crippen molar-refractivity contribution in [2.75, 3.05) is 0 Å². The number of carbonyl (C=O) groups excluding carboxylic acids is 1. The Labute approximate surface area is 150 Å². The van der Waals surface area contributed by atoms with Gasteiger partial charge in [-0.1, -0.05) is 6.07 Å². The number of ketones is 1. The Morgan fingerprint density at radius 2 is 1.80 bits per heavy atom. The molecule has 0 amide bonds. The van der Waals surface area contributed by atoms with Gasteiger partial charge < -0.3 is 4.74 Å². The summed E-state index contributed by atoms with van der Waals surface area (Å²) < 4.78 is 86.6. The fourth-order valence-electron chi connectivity index (χ4n) is 3.78. The zero-order valence-corrected chi connectivity index (χ0v) is 13.5. The van der Waals surface area contributed by atoms with Crippen LogP contribution >= 0.6 is 0 Å². The number of halogens is 4. The molecule has 2 fully saturated rings. The molecule has 25 heavy (non-hydrogen) atoms. The van der Waals surface area contributed by atoms with E-state index in [2.05, 4.69) is 4.74 Å². The molecule has 1 aromatic carbocycles. The third-order valence-electron chi connectivity index (χ3n) is 5.07. The third-order valence-corrected chi connectivity index (χ3v) is 5.07. The summed E-state index contributed by atoms with van der Waals surface area (Å²) >= 11 is 0. The van der Waals surface area contributed by atoms with Crippen molar-refractivity contribution in [2.45, 2.75) is 63.6 Å². The smallest absolute Gasteiger partial charge is 0.403 e. The lowest BCUT2D eigenvalue weighted by molar-refractivity contribution is -0.275. The van der Waals surface area contributed by atoms with Crippen molar-refractivity contribution in [1.82, 2.24) is 0 Å². The minimum Gasteiger partial charge on any atom is -0.403 e. The molecule has 0 spiro atoms. The van der Waals surface area contributed by atoms with Crippen LogP contribution in [0.2, 0.25) is 0 Å². The Bertz CT molecular complexity index is 774. The number of benzene rings is 1. The lowest BCUT2D eigenvalue weighted by atomic mass is 9.70. The lowest BCUT2D eigenvalue weighted by Gasteiger charge is -2.35. The molecule has 1 atom stereocenters. The van der Waals surface area contributed by atoms with Gasteiger partial charge in [0.1, 0.15) is 5.78 Å². The first kappa shape index (κ1) is 13.6. The monoisotopic (exact) mass is 362 g/mol. The topological polar surface area (TPSA) is 26.3 Å². The predicted octanol–water partition coefficient (Wildman–Crippen LogP) is 5.76. The van der Waals surface area contributed by atoms with Crippen LogP contribution in [-0.2, 0) is 4.79 Å². The maximum Gasteiger partial charge on any atom is 0.573 e. The van der Waals surface area contributed by atoms with Gasteiger partial charge in [-0.3, -0.25) is 4.79 Å². The van der Waals surface area contributed by atoms with Crippen molar-refractivity contribution >= 4 is 5.78 Å². The second-order valence-electron chi connectivity index (χ2n) is 6.69. The highest BCUT2D eigenvalue weighted by atomic mass is 19.4. The maximum atomic E-state index is 14.0. The second kappa shape index (κ2) is 7.34. The van der Waals surface area contributed by atoms with E-state index in [0.717, 1.165) is 12.1 Å². The number of hydrogen-bond acceptors (Lipinski definition) is 2. The molecular weight excluding hydrogens is 336 g/mol. The van der Waals surface area contributed by atoms with Gasteiger partial charge in [0.15, 0.2) is 11.6 Å². The summed E-state index contributed by atoms with van der Waals surface area (Å²) in [6.07, 6.45) is -7.05. The van der Waals surface area contributed by atoms with Crippen molar-refractivity contribution in [3.05, 3.63) is 29.6 Å². The van der Waals surface area contributed by atoms with Gasteiger partial charge >= 0.3 is 6.36 Å². The quantitative estimate of drug-likeness (QED) is 0.639. The fraction of sp³-hybridized carbons (Fsp3) is 0.632. The number of ether oxygens (including phenoxy) is 1. The molecular formula is C19H22F4O2. The molecule has 0 aromatic heterocycles. The molecule has 3 rings (SSSR count). The van der Waals surface area contributed by atoms with Gasteiger partial charge in [-0.15, -0.1) is 13.2 Å². The number of carbonyl (C=O) groups is 1. The number of alkyl halides is 3. The molecule has 0 aliphatic heterocycles. The van der Waals surface area contributed by atoms with E-state index in [0.29, 0.717) is 37.7 Å². The minimum atomic E-state index is -4.97. The van der Waals surface area contributed by atoms with Gasteiger partial charge in [-0.25, -0.2) is 4.39 Å². The Morgan fingerprint density at radius 1 is 1.08 bits per heavy atom. The molecule has 2 aliphatic carbocycles. The van der Waals surface area contributed by atoms with E-state index in [1.54, 1.807) is 0 Å². The Kier molecular flexibility index (Phi) is 3.99. The SMILES string of the molecule is [2H]C1([2H])C(=O)CCC(C2CCC(c3ccc(OC(F)(F)F)c(F)c3)CC2)C1([2H])[2H]. The van der Waals surface area contributed by atoms with Gasteiger partial charge in [0, 0.05) is 18.3 Å². The maximum absolute atomic E-state index is 14.0. The van der Waals surface area contributed by atoms with E-state index < -0.39 is 42.4 Å². The Balaban J connectivity index is 1.67. The van der Waals surface area contributed by atoms with Crippen molar-refractivity contribution in [2.24, 2.45) is 11.8 Å². The molecule has 0 heterocycles. The van der Waals surface area contributed by atoms with E-state index in [1.807, 2.05) is 0 Å². The predicted molar refractivity (Wildman–Crippen MR) is 84.7 cm³/mol. The van der Waals surface area contributed by atoms with Crippen LogP contribution in [-0.4, -0.2) is 12.1 Å². The molecule has 2 aliphatic rings. The van der Waals surface area contributed by atoms with Crippen molar-refractivity contribution < 1.29 is 32.6 Å². The van der Waals surface area contributed by atoms with Crippen molar-refractivity contribution in [1.29, 1.82) is 0 Å². The summed E-state index contributed by atoms with van der Waals surface area (Å²) in [5.74, 6) is -3.41. The van der Waals surface area contributed by atoms with Gasteiger partial charge in [-0.05, 0) is 73.9 Å². The zero-order chi connectivity index (χ0) is 21.6. The van der Waals surface area contributed by atoms with E-state index in [4.69, 9.17) is 5.48 Å². The normalized spacial score (nSPS) is 34.4. The number of hydrogen-bond donors (Lipinski definition) is 0. The summed E-state index contributed by atoms with van der Waals surface area (Å²) in [6.45, 7) is 0. The van der Waals surface area contributed by atoms with E-state index >= 15 is 0 Å². The number of rotatable bonds is 3. The Hall–Kier alpha value is -1.59. The van der Waals surface area contributed by atoms with Crippen LogP contribution in [0.15, 0.2) is 18.2 Å². The van der Waals surface area contributed by atoms with Crippen LogP contribution in [0.1, 0.15) is 68.2 Å². The zero-order valence-electron chi connectivity index (χ0n) is 17.5. The van der Waals surface area contributed by atoms with E-state index in [9.17, 15) is 22.4 Å². The molecule has 2 nitrogen and oxygen atoms in total. The minimum absolute atomic E-state index is 0.0168. The van der Waals surface area contributed by atoms with Gasteiger partial charge in [-0.2, -0.15) is 0 Å². The molecule has 0 saturated heterocycles. The van der Waals surface area contributed by atoms with Gasteiger partial charge in [0.25, 0.3) is 0 Å². The first-order valence-corrected chi connectivity index (χ1v) is 8.41.